The summed E-state index contributed by atoms with van der Waals surface area (Å²) in [5, 5.41) is 3.05. The molecule has 0 saturated carbocycles. The van der Waals surface area contributed by atoms with Gasteiger partial charge in [0.25, 0.3) is 5.91 Å². The zero-order valence-electron chi connectivity index (χ0n) is 14.2. The molecule has 0 aromatic heterocycles. The van der Waals surface area contributed by atoms with Crippen molar-refractivity contribution in [1.82, 2.24) is 10.2 Å². The Morgan fingerprint density at radius 1 is 1.26 bits per heavy atom. The molecule has 23 heavy (non-hydrogen) atoms. The van der Waals surface area contributed by atoms with Crippen LogP contribution in [0.1, 0.15) is 24.5 Å². The van der Waals surface area contributed by atoms with Gasteiger partial charge >= 0.3 is 0 Å². The topological polar surface area (TPSA) is 50.8 Å². The zero-order chi connectivity index (χ0) is 16.5. The van der Waals surface area contributed by atoms with Gasteiger partial charge in [-0.05, 0) is 37.4 Å². The molecule has 5 nitrogen and oxygen atoms in total. The molecule has 1 atom stereocenters. The highest BCUT2D eigenvalue weighted by Gasteiger charge is 2.23. The van der Waals surface area contributed by atoms with E-state index in [0.29, 0.717) is 5.92 Å². The number of nitrogens with zero attached hydrogens (tertiary/aromatic N) is 1. The van der Waals surface area contributed by atoms with Crippen molar-refractivity contribution >= 4 is 5.91 Å². The Balaban J connectivity index is 1.74. The molecule has 1 amide bonds. The largest absolute Gasteiger partial charge is 0.383 e. The lowest BCUT2D eigenvalue weighted by Gasteiger charge is -2.32. The maximum atomic E-state index is 12.4. The molecular weight excluding hydrogens is 292 g/mol. The number of methoxy groups -OCH3 is 2. The Morgan fingerprint density at radius 3 is 2.57 bits per heavy atom. The predicted octanol–water partition coefficient (Wildman–Crippen LogP) is 1.85. The fourth-order valence-corrected chi connectivity index (χ4v) is 2.99. The molecule has 1 saturated heterocycles. The molecule has 0 bridgehead atoms. The number of nitrogens with one attached hydrogen (secondary N) is 1. The quantitative estimate of drug-likeness (QED) is 0.794. The summed E-state index contributed by atoms with van der Waals surface area (Å²) < 4.78 is 10.5. The van der Waals surface area contributed by atoms with E-state index in [4.69, 9.17) is 9.47 Å². The van der Waals surface area contributed by atoms with E-state index in [1.165, 1.54) is 0 Å². The summed E-state index contributed by atoms with van der Waals surface area (Å²) in [5.41, 5.74) is 0.891. The highest BCUT2D eigenvalue weighted by molar-refractivity contribution is 5.82. The minimum atomic E-state index is -0.530. The van der Waals surface area contributed by atoms with Crippen molar-refractivity contribution in [2.24, 2.45) is 5.92 Å². The van der Waals surface area contributed by atoms with E-state index < -0.39 is 6.10 Å². The molecule has 1 aliphatic heterocycles. The van der Waals surface area contributed by atoms with Gasteiger partial charge in [-0.3, -0.25) is 4.79 Å². The number of hydrogen-bond acceptors (Lipinski definition) is 4. The van der Waals surface area contributed by atoms with E-state index in [0.717, 1.165) is 51.2 Å². The molecule has 0 aliphatic carbocycles. The van der Waals surface area contributed by atoms with Crippen LogP contribution in [-0.4, -0.2) is 57.8 Å². The summed E-state index contributed by atoms with van der Waals surface area (Å²) in [4.78, 5) is 14.8. The minimum Gasteiger partial charge on any atom is -0.383 e. The molecule has 1 heterocycles. The van der Waals surface area contributed by atoms with Crippen molar-refractivity contribution in [3.63, 3.8) is 0 Å². The fraction of sp³-hybridized carbons (Fsp3) is 0.611. The van der Waals surface area contributed by atoms with Crippen LogP contribution in [0.5, 0.6) is 0 Å². The Morgan fingerprint density at radius 2 is 1.96 bits per heavy atom. The molecule has 2 rings (SSSR count). The fourth-order valence-electron chi connectivity index (χ4n) is 2.99. The van der Waals surface area contributed by atoms with Crippen LogP contribution in [0, 0.1) is 5.92 Å². The zero-order valence-corrected chi connectivity index (χ0v) is 14.2. The second-order valence-electron chi connectivity index (χ2n) is 6.05. The summed E-state index contributed by atoms with van der Waals surface area (Å²) >= 11 is 0. The first-order valence-electron chi connectivity index (χ1n) is 8.31. The third kappa shape index (κ3) is 5.61. The van der Waals surface area contributed by atoms with Crippen LogP contribution in [0.25, 0.3) is 0 Å². The molecule has 1 aromatic carbocycles. The number of likely N-dealkylation sites (tertiary alicyclic amines) is 1. The van der Waals surface area contributed by atoms with E-state index in [1.54, 1.807) is 14.2 Å². The summed E-state index contributed by atoms with van der Waals surface area (Å²) in [6, 6.07) is 9.62. The second-order valence-corrected chi connectivity index (χ2v) is 6.05. The van der Waals surface area contributed by atoms with Gasteiger partial charge in [0.05, 0.1) is 6.61 Å². The third-order valence-electron chi connectivity index (χ3n) is 4.46. The molecule has 128 valence electrons. The van der Waals surface area contributed by atoms with Gasteiger partial charge in [0.2, 0.25) is 0 Å². The number of piperidine rings is 1. The number of ether oxygens (including phenoxy) is 2. The minimum absolute atomic E-state index is 0.0551. The van der Waals surface area contributed by atoms with Crippen molar-refractivity contribution in [3.8, 4) is 0 Å². The molecule has 1 aromatic rings. The Kier molecular flexibility index (Phi) is 7.52. The van der Waals surface area contributed by atoms with Crippen LogP contribution in [0.15, 0.2) is 30.3 Å². The third-order valence-corrected chi connectivity index (χ3v) is 4.46. The Bertz CT molecular complexity index is 459. The van der Waals surface area contributed by atoms with Crippen LogP contribution in [0.3, 0.4) is 0 Å². The lowest BCUT2D eigenvalue weighted by atomic mass is 9.96. The molecule has 1 fully saturated rings. The van der Waals surface area contributed by atoms with Gasteiger partial charge in [-0.25, -0.2) is 0 Å². The molecule has 0 unspecified atom stereocenters. The first-order chi connectivity index (χ1) is 11.2. The summed E-state index contributed by atoms with van der Waals surface area (Å²) in [6.07, 6.45) is 1.71. The molecule has 5 heteroatoms. The first kappa shape index (κ1) is 17.9. The SMILES string of the molecule is COCCN1CCC(CNC(=O)[C@H](OC)c2ccccc2)CC1. The average molecular weight is 320 g/mol. The maximum Gasteiger partial charge on any atom is 0.253 e. The smallest absolute Gasteiger partial charge is 0.253 e. The van der Waals surface area contributed by atoms with Crippen molar-refractivity contribution in [1.29, 1.82) is 0 Å². The molecular formula is C18H28N2O3. The highest BCUT2D eigenvalue weighted by Crippen LogP contribution is 2.18. The highest BCUT2D eigenvalue weighted by atomic mass is 16.5. The van der Waals surface area contributed by atoms with Gasteiger partial charge < -0.3 is 19.7 Å². The number of amides is 1. The van der Waals surface area contributed by atoms with Gasteiger partial charge in [0.15, 0.2) is 6.10 Å². The van der Waals surface area contributed by atoms with Crippen molar-refractivity contribution < 1.29 is 14.3 Å². The average Bonchev–Trinajstić information content (AvgIpc) is 2.60. The summed E-state index contributed by atoms with van der Waals surface area (Å²) in [7, 11) is 3.31. The van der Waals surface area contributed by atoms with Crippen LogP contribution in [0.2, 0.25) is 0 Å². The predicted molar refractivity (Wildman–Crippen MR) is 90.2 cm³/mol. The summed E-state index contributed by atoms with van der Waals surface area (Å²) in [5.74, 6) is 0.492. The van der Waals surface area contributed by atoms with E-state index in [9.17, 15) is 4.79 Å². The second kappa shape index (κ2) is 9.65. The normalized spacial score (nSPS) is 17.8. The number of carbonyl (C=O) groups excluding carboxylic acids is 1. The maximum absolute atomic E-state index is 12.4. The van der Waals surface area contributed by atoms with Crippen molar-refractivity contribution in [2.75, 3.05) is 47.0 Å². The van der Waals surface area contributed by atoms with E-state index in [1.807, 2.05) is 30.3 Å². The summed E-state index contributed by atoms with van der Waals surface area (Å²) in [6.45, 7) is 4.67. The Hall–Kier alpha value is -1.43. The van der Waals surface area contributed by atoms with Gasteiger partial charge in [0, 0.05) is 27.3 Å². The number of carbonyl (C=O) groups is 1. The van der Waals surface area contributed by atoms with E-state index in [-0.39, 0.29) is 5.91 Å². The Labute approximate surface area is 139 Å². The van der Waals surface area contributed by atoms with E-state index in [2.05, 4.69) is 10.2 Å². The number of rotatable bonds is 8. The van der Waals surface area contributed by atoms with Gasteiger partial charge in [-0.2, -0.15) is 0 Å². The lowest BCUT2D eigenvalue weighted by molar-refractivity contribution is -0.131. The molecule has 1 N–H and O–H groups in total. The van der Waals surface area contributed by atoms with Crippen LogP contribution >= 0.6 is 0 Å². The monoisotopic (exact) mass is 320 g/mol. The van der Waals surface area contributed by atoms with Crippen LogP contribution in [0.4, 0.5) is 0 Å². The molecule has 0 spiro atoms. The van der Waals surface area contributed by atoms with Gasteiger partial charge in [0.1, 0.15) is 0 Å². The number of hydrogen-bond donors (Lipinski definition) is 1. The van der Waals surface area contributed by atoms with E-state index >= 15 is 0 Å². The lowest BCUT2D eigenvalue weighted by Crippen LogP contribution is -2.41. The van der Waals surface area contributed by atoms with Crippen LogP contribution < -0.4 is 5.32 Å². The van der Waals surface area contributed by atoms with Crippen molar-refractivity contribution in [3.05, 3.63) is 35.9 Å². The standard InChI is InChI=1S/C18H28N2O3/c1-22-13-12-20-10-8-15(9-11-20)14-19-18(21)17(23-2)16-6-4-3-5-7-16/h3-7,15,17H,8-14H2,1-2H3,(H,19,21)/t17-/m1/s1. The molecule has 1 aliphatic rings. The molecule has 0 radical (unpaired) electrons. The van der Waals surface area contributed by atoms with Gasteiger partial charge in [-0.1, -0.05) is 30.3 Å². The first-order valence-corrected chi connectivity index (χ1v) is 8.31. The van der Waals surface area contributed by atoms with Gasteiger partial charge in [-0.15, -0.1) is 0 Å². The van der Waals surface area contributed by atoms with Crippen LogP contribution in [-0.2, 0) is 14.3 Å². The number of benzene rings is 1. The van der Waals surface area contributed by atoms with Crippen molar-refractivity contribution in [2.45, 2.75) is 18.9 Å².